The van der Waals surface area contributed by atoms with E-state index in [-0.39, 0.29) is 5.82 Å². The van der Waals surface area contributed by atoms with Gasteiger partial charge in [-0.1, -0.05) is 12.1 Å². The number of nitrogen functional groups attached to an aromatic ring is 1. The third-order valence-corrected chi connectivity index (χ3v) is 3.70. The molecule has 0 saturated carbocycles. The molecule has 21 heavy (non-hydrogen) atoms. The minimum absolute atomic E-state index is 0.285. The summed E-state index contributed by atoms with van der Waals surface area (Å²) in [5.41, 5.74) is 7.30. The van der Waals surface area contributed by atoms with Gasteiger partial charge in [-0.15, -0.1) is 0 Å². The zero-order valence-electron chi connectivity index (χ0n) is 12.0. The standard InChI is InChI=1S/C15H18FN5/c1-20-5-7-21(8-6-20)15-14(17)18-10-13(19-15)11-3-2-4-12(16)9-11/h2-4,9-10H,5-8H2,1H3,(H2,17,18). The van der Waals surface area contributed by atoms with Gasteiger partial charge in [-0.05, 0) is 19.2 Å². The number of piperazine rings is 1. The van der Waals surface area contributed by atoms with Gasteiger partial charge in [0.1, 0.15) is 5.82 Å². The second-order valence-corrected chi connectivity index (χ2v) is 5.26. The highest BCUT2D eigenvalue weighted by atomic mass is 19.1. The van der Waals surface area contributed by atoms with Crippen LogP contribution in [0.2, 0.25) is 0 Å². The highest BCUT2D eigenvalue weighted by Crippen LogP contribution is 2.25. The summed E-state index contributed by atoms with van der Waals surface area (Å²) >= 11 is 0. The SMILES string of the molecule is CN1CCN(c2nc(-c3cccc(F)c3)cnc2N)CC1. The molecule has 0 amide bonds. The molecule has 1 fully saturated rings. The molecular formula is C15H18FN5. The first kappa shape index (κ1) is 13.8. The zero-order chi connectivity index (χ0) is 14.8. The van der Waals surface area contributed by atoms with Crippen LogP contribution in [0.1, 0.15) is 0 Å². The number of nitrogens with two attached hydrogens (primary N) is 1. The fraction of sp³-hybridized carbons (Fsp3) is 0.333. The summed E-state index contributed by atoms with van der Waals surface area (Å²) in [7, 11) is 2.09. The minimum atomic E-state index is -0.285. The van der Waals surface area contributed by atoms with Gasteiger partial charge in [0.15, 0.2) is 11.6 Å². The van der Waals surface area contributed by atoms with E-state index in [2.05, 4.69) is 26.8 Å². The summed E-state index contributed by atoms with van der Waals surface area (Å²) in [6, 6.07) is 6.35. The quantitative estimate of drug-likeness (QED) is 0.909. The molecule has 0 bridgehead atoms. The predicted molar refractivity (Wildman–Crippen MR) is 81.5 cm³/mol. The molecular weight excluding hydrogens is 269 g/mol. The van der Waals surface area contributed by atoms with Crippen LogP contribution in [0.25, 0.3) is 11.3 Å². The first-order valence-electron chi connectivity index (χ1n) is 6.95. The molecule has 1 aromatic carbocycles. The number of rotatable bonds is 2. The molecule has 0 spiro atoms. The largest absolute Gasteiger partial charge is 0.381 e. The molecule has 0 radical (unpaired) electrons. The molecule has 1 aromatic heterocycles. The normalized spacial score (nSPS) is 16.2. The number of aromatic nitrogens is 2. The summed E-state index contributed by atoms with van der Waals surface area (Å²) in [5.74, 6) is 0.817. The topological polar surface area (TPSA) is 58.3 Å². The van der Waals surface area contributed by atoms with Crippen molar-refractivity contribution in [2.45, 2.75) is 0 Å². The molecule has 3 rings (SSSR count). The van der Waals surface area contributed by atoms with Crippen molar-refractivity contribution in [3.8, 4) is 11.3 Å². The number of hydrogen-bond acceptors (Lipinski definition) is 5. The van der Waals surface area contributed by atoms with Crippen molar-refractivity contribution in [3.05, 3.63) is 36.3 Å². The van der Waals surface area contributed by atoms with Crippen molar-refractivity contribution in [1.82, 2.24) is 14.9 Å². The van der Waals surface area contributed by atoms with E-state index in [4.69, 9.17) is 5.73 Å². The van der Waals surface area contributed by atoms with Crippen molar-refractivity contribution in [2.24, 2.45) is 0 Å². The summed E-state index contributed by atoms with van der Waals surface area (Å²) in [6.45, 7) is 3.65. The summed E-state index contributed by atoms with van der Waals surface area (Å²) in [5, 5.41) is 0. The van der Waals surface area contributed by atoms with Crippen LogP contribution in [0.3, 0.4) is 0 Å². The van der Waals surface area contributed by atoms with E-state index in [1.54, 1.807) is 12.3 Å². The van der Waals surface area contributed by atoms with E-state index in [9.17, 15) is 4.39 Å². The van der Waals surface area contributed by atoms with Gasteiger partial charge < -0.3 is 15.5 Å². The van der Waals surface area contributed by atoms with Crippen molar-refractivity contribution >= 4 is 11.6 Å². The Labute approximate surface area is 123 Å². The predicted octanol–water partition coefficient (Wildman–Crippen LogP) is 1.62. The summed E-state index contributed by atoms with van der Waals surface area (Å²) < 4.78 is 13.3. The lowest BCUT2D eigenvalue weighted by atomic mass is 10.1. The second-order valence-electron chi connectivity index (χ2n) is 5.26. The molecule has 1 saturated heterocycles. The monoisotopic (exact) mass is 287 g/mol. The first-order valence-corrected chi connectivity index (χ1v) is 6.95. The Morgan fingerprint density at radius 2 is 1.95 bits per heavy atom. The fourth-order valence-corrected chi connectivity index (χ4v) is 2.43. The van der Waals surface area contributed by atoms with Crippen molar-refractivity contribution in [1.29, 1.82) is 0 Å². The van der Waals surface area contributed by atoms with Crippen LogP contribution in [-0.2, 0) is 0 Å². The van der Waals surface area contributed by atoms with E-state index >= 15 is 0 Å². The Bertz CT molecular complexity index is 638. The van der Waals surface area contributed by atoms with Crippen LogP contribution < -0.4 is 10.6 Å². The molecule has 2 aromatic rings. The van der Waals surface area contributed by atoms with Gasteiger partial charge in [0.2, 0.25) is 0 Å². The molecule has 2 heterocycles. The Balaban J connectivity index is 1.93. The lowest BCUT2D eigenvalue weighted by Crippen LogP contribution is -2.45. The highest BCUT2D eigenvalue weighted by molar-refractivity contribution is 5.66. The van der Waals surface area contributed by atoms with Crippen LogP contribution >= 0.6 is 0 Å². The Morgan fingerprint density at radius 1 is 1.19 bits per heavy atom. The smallest absolute Gasteiger partial charge is 0.172 e. The maximum Gasteiger partial charge on any atom is 0.172 e. The van der Waals surface area contributed by atoms with E-state index in [1.807, 2.05) is 6.07 Å². The van der Waals surface area contributed by atoms with E-state index < -0.39 is 0 Å². The lowest BCUT2D eigenvalue weighted by Gasteiger charge is -2.33. The van der Waals surface area contributed by atoms with Crippen LogP contribution in [-0.4, -0.2) is 48.1 Å². The fourth-order valence-electron chi connectivity index (χ4n) is 2.43. The van der Waals surface area contributed by atoms with Gasteiger partial charge in [0.05, 0.1) is 11.9 Å². The van der Waals surface area contributed by atoms with Crippen LogP contribution in [0, 0.1) is 5.82 Å². The third-order valence-electron chi connectivity index (χ3n) is 3.70. The highest BCUT2D eigenvalue weighted by Gasteiger charge is 2.19. The Kier molecular flexibility index (Phi) is 3.70. The van der Waals surface area contributed by atoms with Crippen molar-refractivity contribution in [2.75, 3.05) is 43.9 Å². The molecule has 5 nitrogen and oxygen atoms in total. The van der Waals surface area contributed by atoms with Gasteiger partial charge in [-0.3, -0.25) is 0 Å². The molecule has 0 atom stereocenters. The Morgan fingerprint density at radius 3 is 2.67 bits per heavy atom. The third kappa shape index (κ3) is 2.95. The minimum Gasteiger partial charge on any atom is -0.381 e. The van der Waals surface area contributed by atoms with Crippen LogP contribution in [0.5, 0.6) is 0 Å². The van der Waals surface area contributed by atoms with Gasteiger partial charge in [-0.2, -0.15) is 0 Å². The second kappa shape index (κ2) is 5.65. The van der Waals surface area contributed by atoms with Gasteiger partial charge in [0.25, 0.3) is 0 Å². The number of hydrogen-bond donors (Lipinski definition) is 1. The molecule has 0 aliphatic carbocycles. The molecule has 1 aliphatic heterocycles. The van der Waals surface area contributed by atoms with Gasteiger partial charge in [-0.25, -0.2) is 14.4 Å². The maximum absolute atomic E-state index is 13.3. The van der Waals surface area contributed by atoms with Crippen LogP contribution in [0.4, 0.5) is 16.0 Å². The summed E-state index contributed by atoms with van der Waals surface area (Å²) in [6.07, 6.45) is 1.59. The average molecular weight is 287 g/mol. The lowest BCUT2D eigenvalue weighted by molar-refractivity contribution is 0.312. The average Bonchev–Trinajstić information content (AvgIpc) is 2.49. The molecule has 0 unspecified atom stereocenters. The zero-order valence-corrected chi connectivity index (χ0v) is 12.0. The number of anilines is 2. The number of halogens is 1. The Hall–Kier alpha value is -2.21. The number of likely N-dealkylation sites (N-methyl/N-ethyl adjacent to an activating group) is 1. The summed E-state index contributed by atoms with van der Waals surface area (Å²) in [4.78, 5) is 13.2. The van der Waals surface area contributed by atoms with E-state index in [1.165, 1.54) is 12.1 Å². The maximum atomic E-state index is 13.3. The van der Waals surface area contributed by atoms with Crippen molar-refractivity contribution < 1.29 is 4.39 Å². The van der Waals surface area contributed by atoms with E-state index in [0.29, 0.717) is 22.9 Å². The molecule has 6 heteroatoms. The molecule has 1 aliphatic rings. The van der Waals surface area contributed by atoms with E-state index in [0.717, 1.165) is 26.2 Å². The van der Waals surface area contributed by atoms with Gasteiger partial charge >= 0.3 is 0 Å². The first-order chi connectivity index (χ1) is 10.1. The molecule has 110 valence electrons. The number of nitrogens with zero attached hydrogens (tertiary/aromatic N) is 4. The van der Waals surface area contributed by atoms with Crippen molar-refractivity contribution in [3.63, 3.8) is 0 Å². The number of benzene rings is 1. The molecule has 2 N–H and O–H groups in total. The van der Waals surface area contributed by atoms with Gasteiger partial charge in [0, 0.05) is 31.7 Å². The van der Waals surface area contributed by atoms with Crippen LogP contribution in [0.15, 0.2) is 30.5 Å².